The Balaban J connectivity index is 3.18. The number of rotatable bonds is 5. The summed E-state index contributed by atoms with van der Waals surface area (Å²) in [5, 5.41) is 0. The van der Waals surface area contributed by atoms with Gasteiger partial charge >= 0.3 is 0 Å². The van der Waals surface area contributed by atoms with Crippen LogP contribution in [-0.4, -0.2) is 20.5 Å². The van der Waals surface area contributed by atoms with E-state index < -0.39 is 15.6 Å². The molecule has 0 aromatic heterocycles. The zero-order chi connectivity index (χ0) is 14.8. The van der Waals surface area contributed by atoms with Crippen LogP contribution in [0.5, 0.6) is 0 Å². The summed E-state index contributed by atoms with van der Waals surface area (Å²) < 4.78 is 27.6. The van der Waals surface area contributed by atoms with Gasteiger partial charge in [-0.3, -0.25) is 0 Å². The van der Waals surface area contributed by atoms with Crippen molar-refractivity contribution in [3.8, 4) is 0 Å². The molecule has 0 aliphatic rings. The molecule has 0 saturated carbocycles. The molecule has 4 nitrogen and oxygen atoms in total. The van der Waals surface area contributed by atoms with Crippen LogP contribution in [0.2, 0.25) is 0 Å². The first-order valence-electron chi connectivity index (χ1n) is 6.43. The highest BCUT2D eigenvalue weighted by molar-refractivity contribution is 7.89. The van der Waals surface area contributed by atoms with Gasteiger partial charge in [0.05, 0.1) is 4.90 Å². The van der Waals surface area contributed by atoms with Crippen LogP contribution >= 0.6 is 0 Å². The average molecular weight is 284 g/mol. The lowest BCUT2D eigenvalue weighted by Gasteiger charge is -2.33. The van der Waals surface area contributed by atoms with E-state index in [0.29, 0.717) is 4.90 Å². The first kappa shape index (κ1) is 16.1. The lowest BCUT2D eigenvalue weighted by Crippen LogP contribution is -2.54. The topological polar surface area (TPSA) is 72.2 Å². The molecule has 0 heterocycles. The van der Waals surface area contributed by atoms with Crippen molar-refractivity contribution in [2.75, 3.05) is 6.54 Å². The molecule has 1 rings (SSSR count). The van der Waals surface area contributed by atoms with Crippen LogP contribution in [0.1, 0.15) is 31.9 Å². The van der Waals surface area contributed by atoms with Crippen molar-refractivity contribution in [3.05, 3.63) is 29.3 Å². The van der Waals surface area contributed by atoms with Crippen molar-refractivity contribution in [1.82, 2.24) is 4.72 Å². The normalized spacial score (nSPS) is 15.5. The number of sulfonamides is 1. The Hall–Kier alpha value is -0.910. The molecule has 1 aromatic rings. The maximum absolute atomic E-state index is 12.4. The standard InChI is InChI=1S/C14H24N2O2S/c1-10(2)14(5,9-15)16-19(17,18)13-7-11(3)6-12(4)8-13/h6-8,10,16H,9,15H2,1-5H3. The van der Waals surface area contributed by atoms with E-state index in [1.807, 2.05) is 40.7 Å². The van der Waals surface area contributed by atoms with Crippen LogP contribution < -0.4 is 10.5 Å². The first-order valence-corrected chi connectivity index (χ1v) is 7.91. The zero-order valence-electron chi connectivity index (χ0n) is 12.3. The molecule has 1 aromatic carbocycles. The number of hydrogen-bond acceptors (Lipinski definition) is 3. The summed E-state index contributed by atoms with van der Waals surface area (Å²) in [6.07, 6.45) is 0. The van der Waals surface area contributed by atoms with Gasteiger partial charge in [0, 0.05) is 12.1 Å². The molecule has 0 bridgehead atoms. The molecule has 0 spiro atoms. The van der Waals surface area contributed by atoms with E-state index in [4.69, 9.17) is 5.73 Å². The van der Waals surface area contributed by atoms with Gasteiger partial charge in [0.25, 0.3) is 0 Å². The van der Waals surface area contributed by atoms with Crippen molar-refractivity contribution in [2.45, 2.75) is 45.1 Å². The highest BCUT2D eigenvalue weighted by Crippen LogP contribution is 2.21. The van der Waals surface area contributed by atoms with Crippen LogP contribution in [0.25, 0.3) is 0 Å². The van der Waals surface area contributed by atoms with Gasteiger partial charge < -0.3 is 5.73 Å². The largest absolute Gasteiger partial charge is 0.329 e. The summed E-state index contributed by atoms with van der Waals surface area (Å²) in [5.41, 5.74) is 6.94. The second-order valence-electron chi connectivity index (χ2n) is 5.71. The molecule has 0 radical (unpaired) electrons. The Labute approximate surface area is 116 Å². The maximum Gasteiger partial charge on any atom is 0.241 e. The van der Waals surface area contributed by atoms with E-state index in [9.17, 15) is 8.42 Å². The molecule has 0 fully saturated rings. The van der Waals surface area contributed by atoms with Crippen molar-refractivity contribution >= 4 is 10.0 Å². The Kier molecular flexibility index (Phi) is 4.76. The molecular weight excluding hydrogens is 260 g/mol. The second-order valence-corrected chi connectivity index (χ2v) is 7.39. The van der Waals surface area contributed by atoms with E-state index in [2.05, 4.69) is 4.72 Å². The summed E-state index contributed by atoms with van der Waals surface area (Å²) in [7, 11) is -3.55. The van der Waals surface area contributed by atoms with E-state index in [1.165, 1.54) is 0 Å². The highest BCUT2D eigenvalue weighted by atomic mass is 32.2. The maximum atomic E-state index is 12.4. The van der Waals surface area contributed by atoms with Gasteiger partial charge in [0.15, 0.2) is 0 Å². The fraction of sp³-hybridized carbons (Fsp3) is 0.571. The van der Waals surface area contributed by atoms with Crippen molar-refractivity contribution in [3.63, 3.8) is 0 Å². The van der Waals surface area contributed by atoms with Gasteiger partial charge in [-0.1, -0.05) is 19.9 Å². The second kappa shape index (κ2) is 5.61. The number of nitrogens with two attached hydrogens (primary N) is 1. The molecule has 1 atom stereocenters. The summed E-state index contributed by atoms with van der Waals surface area (Å²) in [6, 6.07) is 5.29. The smallest absolute Gasteiger partial charge is 0.241 e. The van der Waals surface area contributed by atoms with Gasteiger partial charge in [0.1, 0.15) is 0 Å². The molecule has 0 aliphatic carbocycles. The summed E-state index contributed by atoms with van der Waals surface area (Å²) in [5.74, 6) is 0.109. The Morgan fingerprint density at radius 1 is 1.21 bits per heavy atom. The Morgan fingerprint density at radius 2 is 1.68 bits per heavy atom. The third-order valence-electron chi connectivity index (χ3n) is 3.57. The van der Waals surface area contributed by atoms with Crippen LogP contribution in [0.15, 0.2) is 23.1 Å². The van der Waals surface area contributed by atoms with E-state index in [-0.39, 0.29) is 12.5 Å². The van der Waals surface area contributed by atoms with Crippen LogP contribution in [0.3, 0.4) is 0 Å². The molecular formula is C14H24N2O2S. The molecule has 0 aliphatic heterocycles. The number of hydrogen-bond donors (Lipinski definition) is 2. The minimum atomic E-state index is -3.55. The van der Waals surface area contributed by atoms with Gasteiger partial charge in [-0.2, -0.15) is 0 Å². The average Bonchev–Trinajstić information content (AvgIpc) is 2.26. The van der Waals surface area contributed by atoms with Crippen LogP contribution in [-0.2, 0) is 10.0 Å². The minimum Gasteiger partial charge on any atom is -0.329 e. The minimum absolute atomic E-state index is 0.109. The van der Waals surface area contributed by atoms with Gasteiger partial charge in [0.2, 0.25) is 10.0 Å². The van der Waals surface area contributed by atoms with Gasteiger partial charge in [-0.15, -0.1) is 0 Å². The third kappa shape index (κ3) is 3.78. The summed E-state index contributed by atoms with van der Waals surface area (Å²) in [4.78, 5) is 0.297. The lowest BCUT2D eigenvalue weighted by atomic mass is 9.90. The molecule has 5 heteroatoms. The molecule has 3 N–H and O–H groups in total. The van der Waals surface area contributed by atoms with E-state index in [1.54, 1.807) is 12.1 Å². The SMILES string of the molecule is Cc1cc(C)cc(S(=O)(=O)NC(C)(CN)C(C)C)c1. The molecule has 19 heavy (non-hydrogen) atoms. The fourth-order valence-corrected chi connectivity index (χ4v) is 3.58. The predicted molar refractivity (Wildman–Crippen MR) is 78.5 cm³/mol. The number of benzene rings is 1. The zero-order valence-corrected chi connectivity index (χ0v) is 13.1. The monoisotopic (exact) mass is 284 g/mol. The van der Waals surface area contributed by atoms with E-state index >= 15 is 0 Å². The Bertz CT molecular complexity index is 532. The van der Waals surface area contributed by atoms with Gasteiger partial charge in [-0.05, 0) is 49.9 Å². The highest BCUT2D eigenvalue weighted by Gasteiger charge is 2.32. The summed E-state index contributed by atoms with van der Waals surface area (Å²) >= 11 is 0. The quantitative estimate of drug-likeness (QED) is 0.868. The Morgan fingerprint density at radius 3 is 2.05 bits per heavy atom. The number of nitrogens with one attached hydrogen (secondary N) is 1. The van der Waals surface area contributed by atoms with Crippen molar-refractivity contribution in [2.24, 2.45) is 11.7 Å². The first-order chi connectivity index (χ1) is 8.60. The third-order valence-corrected chi connectivity index (χ3v) is 5.16. The lowest BCUT2D eigenvalue weighted by molar-refractivity contribution is 0.315. The number of aryl methyl sites for hydroxylation is 2. The van der Waals surface area contributed by atoms with Crippen molar-refractivity contribution < 1.29 is 8.42 Å². The summed E-state index contributed by atoms with van der Waals surface area (Å²) in [6.45, 7) is 9.77. The van der Waals surface area contributed by atoms with Crippen LogP contribution in [0.4, 0.5) is 0 Å². The van der Waals surface area contributed by atoms with E-state index in [0.717, 1.165) is 11.1 Å². The van der Waals surface area contributed by atoms with Crippen LogP contribution in [0, 0.1) is 19.8 Å². The fourth-order valence-electron chi connectivity index (χ4n) is 1.85. The van der Waals surface area contributed by atoms with Gasteiger partial charge in [-0.25, -0.2) is 13.1 Å². The molecule has 0 saturated heterocycles. The molecule has 108 valence electrons. The molecule has 0 amide bonds. The molecule has 1 unspecified atom stereocenters. The van der Waals surface area contributed by atoms with Crippen molar-refractivity contribution in [1.29, 1.82) is 0 Å². The predicted octanol–water partition coefficient (Wildman–Crippen LogP) is 1.96.